The lowest BCUT2D eigenvalue weighted by molar-refractivity contribution is 0.596. The third-order valence-corrected chi connectivity index (χ3v) is 4.71. The van der Waals surface area contributed by atoms with E-state index < -0.39 is 0 Å². The molecule has 2 aromatic rings. The van der Waals surface area contributed by atoms with E-state index in [0.29, 0.717) is 5.92 Å². The van der Waals surface area contributed by atoms with Gasteiger partial charge >= 0.3 is 0 Å². The molecule has 1 atom stereocenters. The van der Waals surface area contributed by atoms with Crippen LogP contribution in [0, 0.1) is 12.8 Å². The number of hydrogen-bond donors (Lipinski definition) is 0. The molecule has 1 aromatic heterocycles. The van der Waals surface area contributed by atoms with Crippen LogP contribution in [0.25, 0.3) is 0 Å². The Morgan fingerprint density at radius 1 is 1.18 bits per heavy atom. The number of benzene rings is 1. The Bertz CT molecular complexity index is 448. The Hall–Kier alpha value is -0.600. The molecule has 2 heteroatoms. The highest BCUT2D eigenvalue weighted by atomic mass is 79.9. The number of thiophene rings is 1. The van der Waals surface area contributed by atoms with Crippen LogP contribution < -0.4 is 0 Å². The van der Waals surface area contributed by atoms with Gasteiger partial charge < -0.3 is 0 Å². The number of aryl methyl sites for hydroxylation is 1. The fraction of sp³-hybridized carbons (Fsp3) is 0.333. The molecule has 2 rings (SSSR count). The molecule has 1 unspecified atom stereocenters. The summed E-state index contributed by atoms with van der Waals surface area (Å²) < 4.78 is 0. The molecule has 1 heterocycles. The van der Waals surface area contributed by atoms with Gasteiger partial charge in [0, 0.05) is 10.2 Å². The molecule has 0 bridgehead atoms. The van der Waals surface area contributed by atoms with E-state index in [0.717, 1.165) is 11.8 Å². The summed E-state index contributed by atoms with van der Waals surface area (Å²) in [6.45, 7) is 2.16. The molecule has 0 aliphatic carbocycles. The van der Waals surface area contributed by atoms with E-state index in [1.54, 1.807) is 0 Å². The molecule has 1 aromatic carbocycles. The quantitative estimate of drug-likeness (QED) is 0.692. The van der Waals surface area contributed by atoms with Crippen molar-refractivity contribution in [2.45, 2.75) is 19.8 Å². The van der Waals surface area contributed by atoms with Crippen LogP contribution in [0.2, 0.25) is 0 Å². The van der Waals surface area contributed by atoms with Crippen LogP contribution in [0.3, 0.4) is 0 Å². The largest absolute Gasteiger partial charge is 0.149 e. The lowest BCUT2D eigenvalue weighted by atomic mass is 9.96. The minimum atomic E-state index is 0.690. The van der Waals surface area contributed by atoms with Crippen molar-refractivity contribution < 1.29 is 0 Å². The van der Waals surface area contributed by atoms with Crippen LogP contribution in [0.5, 0.6) is 0 Å². The van der Waals surface area contributed by atoms with Gasteiger partial charge in [0.1, 0.15) is 0 Å². The highest BCUT2D eigenvalue weighted by molar-refractivity contribution is 9.09. The van der Waals surface area contributed by atoms with Crippen LogP contribution in [-0.4, -0.2) is 5.33 Å². The van der Waals surface area contributed by atoms with Gasteiger partial charge in [-0.05, 0) is 42.7 Å². The second-order valence-corrected chi connectivity index (χ2v) is 6.18. The predicted octanol–water partition coefficient (Wildman–Crippen LogP) is 4.85. The van der Waals surface area contributed by atoms with Crippen molar-refractivity contribution in [1.82, 2.24) is 0 Å². The average molecular weight is 309 g/mol. The number of halogens is 1. The van der Waals surface area contributed by atoms with Crippen LogP contribution >= 0.6 is 27.3 Å². The minimum Gasteiger partial charge on any atom is -0.149 e. The summed E-state index contributed by atoms with van der Waals surface area (Å²) in [4.78, 5) is 1.49. The van der Waals surface area contributed by atoms with Crippen LogP contribution in [0.1, 0.15) is 16.0 Å². The SMILES string of the molecule is Cc1cccc(CC(CBr)Cc2cccs2)c1. The van der Waals surface area contributed by atoms with Crippen LogP contribution in [0.15, 0.2) is 41.8 Å². The Kier molecular flexibility index (Phi) is 4.81. The number of hydrogen-bond acceptors (Lipinski definition) is 1. The lowest BCUT2D eigenvalue weighted by Gasteiger charge is -2.13. The maximum atomic E-state index is 3.64. The molecule has 0 saturated heterocycles. The Morgan fingerprint density at radius 2 is 2.06 bits per heavy atom. The molecule has 0 saturated carbocycles. The summed E-state index contributed by atoms with van der Waals surface area (Å²) in [6.07, 6.45) is 2.34. The van der Waals surface area contributed by atoms with Crippen LogP contribution in [0.4, 0.5) is 0 Å². The number of rotatable bonds is 5. The molecule has 0 N–H and O–H groups in total. The molecule has 17 heavy (non-hydrogen) atoms. The monoisotopic (exact) mass is 308 g/mol. The summed E-state index contributed by atoms with van der Waals surface area (Å²) in [6, 6.07) is 13.2. The van der Waals surface area contributed by atoms with Crippen molar-refractivity contribution in [2.24, 2.45) is 5.92 Å². The van der Waals surface area contributed by atoms with Crippen molar-refractivity contribution in [3.05, 3.63) is 57.8 Å². The highest BCUT2D eigenvalue weighted by Gasteiger charge is 2.10. The second kappa shape index (κ2) is 6.36. The van der Waals surface area contributed by atoms with Crippen LogP contribution in [-0.2, 0) is 12.8 Å². The van der Waals surface area contributed by atoms with E-state index in [4.69, 9.17) is 0 Å². The predicted molar refractivity (Wildman–Crippen MR) is 80.2 cm³/mol. The van der Waals surface area contributed by atoms with Crippen molar-refractivity contribution in [1.29, 1.82) is 0 Å². The molecule has 0 aliphatic rings. The molecule has 0 radical (unpaired) electrons. The van der Waals surface area contributed by atoms with Crippen molar-refractivity contribution in [2.75, 3.05) is 5.33 Å². The number of alkyl halides is 1. The van der Waals surface area contributed by atoms with Crippen molar-refractivity contribution >= 4 is 27.3 Å². The first-order valence-electron chi connectivity index (χ1n) is 5.92. The first-order valence-corrected chi connectivity index (χ1v) is 7.92. The smallest absolute Gasteiger partial charge is 0.00663 e. The molecular formula is C15H17BrS. The standard InChI is InChI=1S/C15H17BrS/c1-12-4-2-5-13(8-12)9-14(11-16)10-15-6-3-7-17-15/h2-8,14H,9-11H2,1H3. The summed E-state index contributed by atoms with van der Waals surface area (Å²) >= 11 is 5.50. The van der Waals surface area contributed by atoms with E-state index in [1.165, 1.54) is 22.4 Å². The molecule has 0 amide bonds. The fourth-order valence-electron chi connectivity index (χ4n) is 2.07. The maximum absolute atomic E-state index is 3.64. The van der Waals surface area contributed by atoms with Gasteiger partial charge in [-0.1, -0.05) is 51.8 Å². The van der Waals surface area contributed by atoms with Gasteiger partial charge in [-0.15, -0.1) is 11.3 Å². The van der Waals surface area contributed by atoms with Gasteiger partial charge in [-0.25, -0.2) is 0 Å². The van der Waals surface area contributed by atoms with Gasteiger partial charge in [0.15, 0.2) is 0 Å². The molecule has 0 spiro atoms. The summed E-state index contributed by atoms with van der Waals surface area (Å²) in [5, 5.41) is 3.23. The van der Waals surface area contributed by atoms with Gasteiger partial charge in [-0.3, -0.25) is 0 Å². The van der Waals surface area contributed by atoms with E-state index in [9.17, 15) is 0 Å². The third kappa shape index (κ3) is 3.97. The van der Waals surface area contributed by atoms with Gasteiger partial charge in [0.25, 0.3) is 0 Å². The minimum absolute atomic E-state index is 0.690. The Morgan fingerprint density at radius 3 is 2.71 bits per heavy atom. The molecule has 0 fully saturated rings. The zero-order chi connectivity index (χ0) is 12.1. The lowest BCUT2D eigenvalue weighted by Crippen LogP contribution is -2.09. The average Bonchev–Trinajstić information content (AvgIpc) is 2.81. The Balaban J connectivity index is 2.00. The Labute approximate surface area is 116 Å². The van der Waals surface area contributed by atoms with E-state index in [2.05, 4.69) is 64.6 Å². The summed E-state index contributed by atoms with van der Waals surface area (Å²) in [7, 11) is 0. The van der Waals surface area contributed by atoms with Gasteiger partial charge in [0.05, 0.1) is 0 Å². The maximum Gasteiger partial charge on any atom is 0.00663 e. The normalized spacial score (nSPS) is 12.6. The topological polar surface area (TPSA) is 0 Å². The first-order chi connectivity index (χ1) is 8.28. The molecule has 0 nitrogen and oxygen atoms in total. The second-order valence-electron chi connectivity index (χ2n) is 4.50. The molecule has 90 valence electrons. The fourth-order valence-corrected chi connectivity index (χ4v) is 3.35. The van der Waals surface area contributed by atoms with Crippen molar-refractivity contribution in [3.63, 3.8) is 0 Å². The van der Waals surface area contributed by atoms with E-state index in [-0.39, 0.29) is 0 Å². The molecular weight excluding hydrogens is 292 g/mol. The zero-order valence-corrected chi connectivity index (χ0v) is 12.4. The summed E-state index contributed by atoms with van der Waals surface area (Å²) in [5.41, 5.74) is 2.80. The zero-order valence-electron chi connectivity index (χ0n) is 10.0. The van der Waals surface area contributed by atoms with E-state index >= 15 is 0 Å². The van der Waals surface area contributed by atoms with Gasteiger partial charge in [0.2, 0.25) is 0 Å². The van der Waals surface area contributed by atoms with E-state index in [1.807, 2.05) is 11.3 Å². The first kappa shape index (κ1) is 12.8. The summed E-state index contributed by atoms with van der Waals surface area (Å²) in [5.74, 6) is 0.690. The highest BCUT2D eigenvalue weighted by Crippen LogP contribution is 2.20. The van der Waals surface area contributed by atoms with Gasteiger partial charge in [-0.2, -0.15) is 0 Å². The third-order valence-electron chi connectivity index (χ3n) is 2.90. The molecule has 0 aliphatic heterocycles. The van der Waals surface area contributed by atoms with Crippen molar-refractivity contribution in [3.8, 4) is 0 Å².